The number of esters is 1. The zero-order valence-electron chi connectivity index (χ0n) is 14.9. The summed E-state index contributed by atoms with van der Waals surface area (Å²) < 4.78 is 15.7. The summed E-state index contributed by atoms with van der Waals surface area (Å²) in [7, 11) is 0. The molecule has 7 heteroatoms. The topological polar surface area (TPSA) is 102 Å². The van der Waals surface area contributed by atoms with Crippen molar-refractivity contribution in [2.24, 2.45) is 0 Å². The molecule has 2 unspecified atom stereocenters. The normalized spacial score (nSPS) is 15.1. The lowest BCUT2D eigenvalue weighted by molar-refractivity contribution is -0.149. The van der Waals surface area contributed by atoms with Crippen LogP contribution in [0, 0.1) is 0 Å². The first kappa shape index (κ1) is 22.0. The Hall–Kier alpha value is -1.02. The van der Waals surface area contributed by atoms with Crippen LogP contribution in [0.25, 0.3) is 0 Å². The van der Waals surface area contributed by atoms with E-state index in [0.29, 0.717) is 0 Å². The highest BCUT2D eigenvalue weighted by Crippen LogP contribution is 2.19. The van der Waals surface area contributed by atoms with Gasteiger partial charge in [0.2, 0.25) is 0 Å². The van der Waals surface area contributed by atoms with Gasteiger partial charge in [0.15, 0.2) is 5.78 Å². The fourth-order valence-corrected chi connectivity index (χ4v) is 1.67. The molecule has 7 nitrogen and oxygen atoms in total. The largest absolute Gasteiger partial charge is 0.463 e. The lowest BCUT2D eigenvalue weighted by atomic mass is 10.00. The lowest BCUT2D eigenvalue weighted by Gasteiger charge is -2.30. The van der Waals surface area contributed by atoms with Crippen LogP contribution in [0.5, 0.6) is 0 Å². The summed E-state index contributed by atoms with van der Waals surface area (Å²) in [6.45, 7) is 9.38. The predicted octanol–water partition coefficient (Wildman–Crippen LogP) is 0.841. The Morgan fingerprint density at radius 1 is 0.913 bits per heavy atom. The van der Waals surface area contributed by atoms with Crippen molar-refractivity contribution in [3.63, 3.8) is 0 Å². The number of hydrogen-bond donors (Lipinski definition) is 2. The van der Waals surface area contributed by atoms with Crippen LogP contribution in [-0.4, -0.2) is 65.2 Å². The van der Waals surface area contributed by atoms with Gasteiger partial charge in [-0.15, -0.1) is 0 Å². The third-order valence-corrected chi connectivity index (χ3v) is 3.36. The van der Waals surface area contributed by atoms with Gasteiger partial charge in [-0.25, -0.2) is 0 Å². The number of hydrogen-bond acceptors (Lipinski definition) is 7. The lowest BCUT2D eigenvalue weighted by Crippen LogP contribution is -2.39. The average Bonchev–Trinajstić information content (AvgIpc) is 2.40. The van der Waals surface area contributed by atoms with Crippen molar-refractivity contribution in [3.05, 3.63) is 0 Å². The van der Waals surface area contributed by atoms with Gasteiger partial charge < -0.3 is 24.4 Å². The first-order valence-electron chi connectivity index (χ1n) is 7.64. The van der Waals surface area contributed by atoms with Gasteiger partial charge in [0, 0.05) is 13.3 Å². The SMILES string of the molecule is CC(=O)OCC(O)COC(C)(C)CC(O)COC(C)(C)C(C)=O. The Morgan fingerprint density at radius 3 is 1.91 bits per heavy atom. The maximum absolute atomic E-state index is 11.4. The Labute approximate surface area is 137 Å². The number of carbonyl (C=O) groups is 2. The second-order valence-corrected chi connectivity index (χ2v) is 6.76. The summed E-state index contributed by atoms with van der Waals surface area (Å²) in [5.74, 6) is -0.585. The van der Waals surface area contributed by atoms with Crippen LogP contribution in [0.3, 0.4) is 0 Å². The molecule has 2 N–H and O–H groups in total. The minimum absolute atomic E-state index is 0.00930. The average molecular weight is 334 g/mol. The molecule has 0 fully saturated rings. The quantitative estimate of drug-likeness (QED) is 0.540. The van der Waals surface area contributed by atoms with Crippen molar-refractivity contribution in [2.75, 3.05) is 19.8 Å². The standard InChI is InChI=1S/C16H30O7/c1-11(17)16(5,6)23-9-13(19)7-15(3,4)22-10-14(20)8-21-12(2)18/h13-14,19-20H,7-10H2,1-6H3. The van der Waals surface area contributed by atoms with Crippen molar-refractivity contribution < 1.29 is 34.0 Å². The predicted molar refractivity (Wildman–Crippen MR) is 84.0 cm³/mol. The van der Waals surface area contributed by atoms with Crippen LogP contribution in [-0.2, 0) is 23.8 Å². The van der Waals surface area contributed by atoms with Gasteiger partial charge in [-0.3, -0.25) is 9.59 Å². The van der Waals surface area contributed by atoms with Gasteiger partial charge in [-0.1, -0.05) is 0 Å². The fraction of sp³-hybridized carbons (Fsp3) is 0.875. The Bertz CT molecular complexity index is 390. The zero-order valence-corrected chi connectivity index (χ0v) is 14.9. The molecule has 0 rings (SSSR count). The molecule has 23 heavy (non-hydrogen) atoms. The van der Waals surface area contributed by atoms with E-state index < -0.39 is 29.4 Å². The molecule has 0 aliphatic carbocycles. The summed E-state index contributed by atoms with van der Waals surface area (Å²) in [5.41, 5.74) is -1.65. The van der Waals surface area contributed by atoms with Gasteiger partial charge >= 0.3 is 5.97 Å². The molecular weight excluding hydrogens is 304 g/mol. The van der Waals surface area contributed by atoms with E-state index >= 15 is 0 Å². The van der Waals surface area contributed by atoms with E-state index in [9.17, 15) is 19.8 Å². The van der Waals surface area contributed by atoms with E-state index in [1.165, 1.54) is 13.8 Å². The minimum Gasteiger partial charge on any atom is -0.463 e. The minimum atomic E-state index is -0.938. The second kappa shape index (κ2) is 9.32. The number of aliphatic hydroxyl groups excluding tert-OH is 2. The number of ether oxygens (including phenoxy) is 3. The Morgan fingerprint density at radius 2 is 1.43 bits per heavy atom. The number of rotatable bonds is 11. The van der Waals surface area contributed by atoms with Gasteiger partial charge in [-0.2, -0.15) is 0 Å². The maximum Gasteiger partial charge on any atom is 0.302 e. The highest BCUT2D eigenvalue weighted by Gasteiger charge is 2.28. The van der Waals surface area contributed by atoms with Crippen molar-refractivity contribution in [1.29, 1.82) is 0 Å². The molecule has 0 aliphatic rings. The molecule has 0 amide bonds. The summed E-state index contributed by atoms with van der Waals surface area (Å²) >= 11 is 0. The van der Waals surface area contributed by atoms with E-state index in [1.54, 1.807) is 27.7 Å². The third-order valence-electron chi connectivity index (χ3n) is 3.36. The Balaban J connectivity index is 4.19. The number of carbonyl (C=O) groups excluding carboxylic acids is 2. The van der Waals surface area contributed by atoms with Gasteiger partial charge in [0.1, 0.15) is 18.3 Å². The second-order valence-electron chi connectivity index (χ2n) is 6.76. The van der Waals surface area contributed by atoms with E-state index in [0.717, 1.165) is 0 Å². The van der Waals surface area contributed by atoms with Crippen molar-refractivity contribution >= 4 is 11.8 Å². The van der Waals surface area contributed by atoms with E-state index in [2.05, 4.69) is 4.74 Å². The summed E-state index contributed by atoms with van der Waals surface area (Å²) in [4.78, 5) is 22.0. The van der Waals surface area contributed by atoms with E-state index in [4.69, 9.17) is 9.47 Å². The number of aliphatic hydroxyl groups is 2. The molecule has 0 spiro atoms. The highest BCUT2D eigenvalue weighted by atomic mass is 16.6. The molecule has 0 saturated heterocycles. The molecule has 0 radical (unpaired) electrons. The van der Waals surface area contributed by atoms with Crippen LogP contribution in [0.15, 0.2) is 0 Å². The number of ketones is 1. The first-order chi connectivity index (χ1) is 10.4. The van der Waals surface area contributed by atoms with Crippen molar-refractivity contribution in [2.45, 2.75) is 71.4 Å². The first-order valence-corrected chi connectivity index (χ1v) is 7.64. The van der Waals surface area contributed by atoms with Crippen molar-refractivity contribution in [1.82, 2.24) is 0 Å². The smallest absolute Gasteiger partial charge is 0.302 e. The fourth-order valence-electron chi connectivity index (χ4n) is 1.67. The van der Waals surface area contributed by atoms with Crippen molar-refractivity contribution in [3.8, 4) is 0 Å². The molecule has 0 saturated carbocycles. The van der Waals surface area contributed by atoms with Gasteiger partial charge in [0.05, 0.1) is 24.9 Å². The zero-order chi connectivity index (χ0) is 18.3. The summed E-state index contributed by atoms with van der Waals surface area (Å²) in [6, 6.07) is 0. The molecule has 0 bridgehead atoms. The maximum atomic E-state index is 11.4. The van der Waals surface area contributed by atoms with Crippen LogP contribution in [0.1, 0.15) is 48.0 Å². The van der Waals surface area contributed by atoms with Crippen LogP contribution in [0.2, 0.25) is 0 Å². The molecule has 0 aromatic rings. The third kappa shape index (κ3) is 10.4. The molecule has 0 aromatic heterocycles. The molecular formula is C16H30O7. The highest BCUT2D eigenvalue weighted by molar-refractivity contribution is 5.83. The Kier molecular flexibility index (Phi) is 8.90. The molecule has 0 aliphatic heterocycles. The molecule has 0 heterocycles. The van der Waals surface area contributed by atoms with E-state index in [-0.39, 0.29) is 32.0 Å². The van der Waals surface area contributed by atoms with Gasteiger partial charge in [-0.05, 0) is 34.6 Å². The summed E-state index contributed by atoms with van der Waals surface area (Å²) in [6.07, 6.45) is -1.47. The van der Waals surface area contributed by atoms with Gasteiger partial charge in [0.25, 0.3) is 0 Å². The van der Waals surface area contributed by atoms with Crippen LogP contribution in [0.4, 0.5) is 0 Å². The monoisotopic (exact) mass is 334 g/mol. The van der Waals surface area contributed by atoms with Crippen LogP contribution >= 0.6 is 0 Å². The summed E-state index contributed by atoms with van der Waals surface area (Å²) in [5, 5.41) is 19.7. The molecule has 136 valence electrons. The number of Topliss-reactive ketones (excluding diaryl/α,β-unsaturated/α-hetero) is 1. The molecule has 0 aromatic carbocycles. The van der Waals surface area contributed by atoms with Crippen LogP contribution < -0.4 is 0 Å². The van der Waals surface area contributed by atoms with E-state index in [1.807, 2.05) is 0 Å². The molecule has 2 atom stereocenters.